The highest BCUT2D eigenvalue weighted by atomic mass is 16.5. The molecule has 0 saturated carbocycles. The molecule has 0 bridgehead atoms. The third-order valence-electron chi connectivity index (χ3n) is 3.65. The van der Waals surface area contributed by atoms with E-state index in [0.717, 1.165) is 0 Å². The van der Waals surface area contributed by atoms with Crippen LogP contribution in [0, 0.1) is 0 Å². The number of carbonyl (C=O) groups is 1. The number of carbonyl (C=O) groups excluding carboxylic acids is 1. The van der Waals surface area contributed by atoms with Crippen molar-refractivity contribution in [1.82, 2.24) is 0 Å². The molecule has 0 aromatic heterocycles. The van der Waals surface area contributed by atoms with E-state index in [1.807, 2.05) is 6.07 Å². The summed E-state index contributed by atoms with van der Waals surface area (Å²) in [5.74, 6) is -1.08. The molecule has 0 aliphatic rings. The number of benzene rings is 2. The van der Waals surface area contributed by atoms with E-state index in [1.54, 1.807) is 24.3 Å². The zero-order valence-electron chi connectivity index (χ0n) is 13.2. The molecule has 3 aromatic rings. The first-order valence-corrected chi connectivity index (χ1v) is 7.35. The topological polar surface area (TPSA) is 105 Å². The number of hydrogen-bond acceptors (Lipinski definition) is 7. The Morgan fingerprint density at radius 2 is 1.56 bits per heavy atom. The summed E-state index contributed by atoms with van der Waals surface area (Å²) in [7, 11) is 1.19. The predicted octanol–water partition coefficient (Wildman–Crippen LogP) is 2.26. The summed E-state index contributed by atoms with van der Waals surface area (Å²) in [6.45, 7) is 0. The van der Waals surface area contributed by atoms with Crippen LogP contribution in [-0.4, -0.2) is 18.2 Å². The summed E-state index contributed by atoms with van der Waals surface area (Å²) in [4.78, 5) is 35.3. The van der Waals surface area contributed by atoms with Crippen molar-refractivity contribution in [1.29, 1.82) is 0 Å². The predicted molar refractivity (Wildman–Crippen MR) is 93.8 cm³/mol. The summed E-state index contributed by atoms with van der Waals surface area (Å²) < 4.78 is 4.58. The highest BCUT2D eigenvalue weighted by Gasteiger charge is 2.23. The monoisotopic (exact) mass is 338 g/mol. The van der Waals surface area contributed by atoms with Crippen LogP contribution in [0.4, 0.5) is 22.7 Å². The van der Waals surface area contributed by atoms with Crippen molar-refractivity contribution < 1.29 is 14.6 Å². The number of esters is 1. The van der Waals surface area contributed by atoms with E-state index in [0.29, 0.717) is 5.69 Å². The Hall–Kier alpha value is -3.61. The smallest absolute Gasteiger partial charge is 0.341 e. The van der Waals surface area contributed by atoms with E-state index in [4.69, 9.17) is 0 Å². The van der Waals surface area contributed by atoms with Gasteiger partial charge in [0.05, 0.1) is 12.8 Å². The molecule has 0 aliphatic carbocycles. The maximum Gasteiger partial charge on any atom is 0.341 e. The van der Waals surface area contributed by atoms with Crippen molar-refractivity contribution in [3.63, 3.8) is 0 Å². The van der Waals surface area contributed by atoms with E-state index in [9.17, 15) is 19.5 Å². The lowest BCUT2D eigenvalue weighted by molar-refractivity contribution is 0.0597. The number of phenols is 1. The summed E-state index contributed by atoms with van der Waals surface area (Å²) in [5.41, 5.74) is -0.540. The largest absolute Gasteiger partial charge is 0.505 e. The molecule has 7 nitrogen and oxygen atoms in total. The Morgan fingerprint density at radius 1 is 0.920 bits per heavy atom. The number of hydrogen-bond donors (Lipinski definition) is 3. The second-order valence-corrected chi connectivity index (χ2v) is 5.22. The van der Waals surface area contributed by atoms with Crippen molar-refractivity contribution in [3.05, 3.63) is 74.5 Å². The van der Waals surface area contributed by atoms with Crippen LogP contribution in [0.3, 0.4) is 0 Å². The average molecular weight is 338 g/mol. The molecular weight excluding hydrogens is 324 g/mol. The Labute approximate surface area is 142 Å². The van der Waals surface area contributed by atoms with Crippen LogP contribution < -0.4 is 21.5 Å². The Balaban J connectivity index is 1.93. The van der Waals surface area contributed by atoms with Gasteiger partial charge in [0.25, 0.3) is 10.9 Å². The Morgan fingerprint density at radius 3 is 2.20 bits per heavy atom. The fourth-order valence-electron chi connectivity index (χ4n) is 2.35. The van der Waals surface area contributed by atoms with Gasteiger partial charge in [-0.25, -0.2) is 4.79 Å². The molecule has 0 spiro atoms. The maximum absolute atomic E-state index is 11.9. The summed E-state index contributed by atoms with van der Waals surface area (Å²) in [5, 5.41) is 15.8. The SMILES string of the molecule is COC(=O)c1cccc(Nc2c(Nc3ccccc3)c(=O)c2=O)c1O. The van der Waals surface area contributed by atoms with E-state index in [2.05, 4.69) is 15.4 Å². The molecule has 3 rings (SSSR count). The molecule has 3 aromatic carbocycles. The van der Waals surface area contributed by atoms with Crippen molar-refractivity contribution in [2.24, 2.45) is 0 Å². The van der Waals surface area contributed by atoms with E-state index in [1.165, 1.54) is 25.3 Å². The standard InChI is InChI=1S/C18H14N2O5/c1-25-18(24)11-8-5-9-12(15(11)21)20-14-13(16(22)17(14)23)19-10-6-3-2-4-7-10/h2-9,19-21H,1H3. The molecule has 126 valence electrons. The van der Waals surface area contributed by atoms with E-state index in [-0.39, 0.29) is 28.4 Å². The van der Waals surface area contributed by atoms with Crippen molar-refractivity contribution in [2.75, 3.05) is 17.7 Å². The van der Waals surface area contributed by atoms with E-state index < -0.39 is 16.8 Å². The number of anilines is 4. The fraction of sp³-hybridized carbons (Fsp3) is 0.0556. The van der Waals surface area contributed by atoms with Crippen LogP contribution >= 0.6 is 0 Å². The molecule has 0 amide bonds. The number of para-hydroxylation sites is 2. The van der Waals surface area contributed by atoms with Gasteiger partial charge in [0, 0.05) is 5.69 Å². The highest BCUT2D eigenvalue weighted by Crippen LogP contribution is 2.32. The molecule has 0 radical (unpaired) electrons. The van der Waals surface area contributed by atoms with Crippen molar-refractivity contribution in [3.8, 4) is 5.75 Å². The summed E-state index contributed by atoms with van der Waals surface area (Å²) in [6, 6.07) is 13.3. The minimum absolute atomic E-state index is 0.0196. The van der Waals surface area contributed by atoms with Crippen molar-refractivity contribution in [2.45, 2.75) is 0 Å². The number of aromatic hydroxyl groups is 1. The quantitative estimate of drug-likeness (QED) is 0.372. The normalized spacial score (nSPS) is 10.4. The molecule has 0 fully saturated rings. The molecule has 0 unspecified atom stereocenters. The number of ether oxygens (including phenoxy) is 1. The summed E-state index contributed by atoms with van der Waals surface area (Å²) >= 11 is 0. The van der Waals surface area contributed by atoms with Gasteiger partial charge in [0.1, 0.15) is 16.9 Å². The minimum atomic E-state index is -0.714. The Kier molecular flexibility index (Phi) is 4.21. The molecule has 3 N–H and O–H groups in total. The number of nitrogens with one attached hydrogen (secondary N) is 2. The van der Waals surface area contributed by atoms with Gasteiger partial charge in [0.2, 0.25) is 0 Å². The van der Waals surface area contributed by atoms with Gasteiger partial charge in [0.15, 0.2) is 5.75 Å². The molecule has 7 heteroatoms. The second-order valence-electron chi connectivity index (χ2n) is 5.22. The van der Waals surface area contributed by atoms with Gasteiger partial charge in [-0.1, -0.05) is 24.3 Å². The minimum Gasteiger partial charge on any atom is -0.505 e. The van der Waals surface area contributed by atoms with Crippen molar-refractivity contribution >= 4 is 28.7 Å². The zero-order chi connectivity index (χ0) is 18.0. The first-order chi connectivity index (χ1) is 12.0. The molecular formula is C18H14N2O5. The lowest BCUT2D eigenvalue weighted by Gasteiger charge is -2.16. The third kappa shape index (κ3) is 2.94. The molecule has 25 heavy (non-hydrogen) atoms. The van der Waals surface area contributed by atoms with Gasteiger partial charge in [-0.05, 0) is 24.3 Å². The van der Waals surface area contributed by atoms with Crippen LogP contribution in [0.2, 0.25) is 0 Å². The third-order valence-corrected chi connectivity index (χ3v) is 3.65. The zero-order valence-corrected chi connectivity index (χ0v) is 13.2. The highest BCUT2D eigenvalue weighted by molar-refractivity contribution is 5.95. The van der Waals surface area contributed by atoms with Gasteiger partial charge in [-0.15, -0.1) is 0 Å². The first kappa shape index (κ1) is 16.3. The number of rotatable bonds is 5. The van der Waals surface area contributed by atoms with Crippen LogP contribution in [0.15, 0.2) is 58.1 Å². The van der Waals surface area contributed by atoms with Gasteiger partial charge in [-0.3, -0.25) is 9.59 Å². The lowest BCUT2D eigenvalue weighted by Crippen LogP contribution is -2.35. The molecule has 0 saturated heterocycles. The Bertz CT molecular complexity index is 1000. The van der Waals surface area contributed by atoms with Crippen LogP contribution in [0.5, 0.6) is 5.75 Å². The van der Waals surface area contributed by atoms with Crippen LogP contribution in [0.25, 0.3) is 0 Å². The van der Waals surface area contributed by atoms with Gasteiger partial charge in [-0.2, -0.15) is 0 Å². The lowest BCUT2D eigenvalue weighted by atomic mass is 10.1. The maximum atomic E-state index is 11.9. The molecule has 0 aliphatic heterocycles. The number of methoxy groups -OCH3 is 1. The van der Waals surface area contributed by atoms with Crippen LogP contribution in [-0.2, 0) is 4.74 Å². The van der Waals surface area contributed by atoms with E-state index >= 15 is 0 Å². The summed E-state index contributed by atoms with van der Waals surface area (Å²) in [6.07, 6.45) is 0. The fourth-order valence-corrected chi connectivity index (χ4v) is 2.35. The van der Waals surface area contributed by atoms with Gasteiger partial charge < -0.3 is 20.5 Å². The average Bonchev–Trinajstić information content (AvgIpc) is 2.65. The van der Waals surface area contributed by atoms with Gasteiger partial charge >= 0.3 is 5.97 Å². The second kappa shape index (κ2) is 6.48. The first-order valence-electron chi connectivity index (χ1n) is 7.35. The number of phenolic OH excluding ortho intramolecular Hbond substituents is 1. The molecule has 0 atom stereocenters. The van der Waals surface area contributed by atoms with Crippen LogP contribution in [0.1, 0.15) is 10.4 Å². The molecule has 0 heterocycles.